The lowest BCUT2D eigenvalue weighted by molar-refractivity contribution is -0.446. The fourth-order valence-electron chi connectivity index (χ4n) is 1.02. The van der Waals surface area contributed by atoms with Crippen molar-refractivity contribution in [2.45, 2.75) is 6.92 Å². The molecule has 1 rings (SSSR count). The first-order valence-corrected chi connectivity index (χ1v) is 3.68. The molecule has 4 heteroatoms. The summed E-state index contributed by atoms with van der Waals surface area (Å²) in [5.41, 5.74) is 4.16. The SMILES string of the molecule is CC1C=CC=C([NH3+])C([N+](=O)[O-])=C1. The molecule has 0 fully saturated rings. The van der Waals surface area contributed by atoms with Gasteiger partial charge in [-0.3, -0.25) is 10.1 Å². The Morgan fingerprint density at radius 2 is 2.33 bits per heavy atom. The standard InChI is InChI=1S/C8H10N2O2/c1-6-3-2-4-7(9)8(5-6)10(11)12/h2-6H,9H2,1H3/p+1. The van der Waals surface area contributed by atoms with Crippen LogP contribution >= 0.6 is 0 Å². The van der Waals surface area contributed by atoms with E-state index in [0.29, 0.717) is 5.70 Å². The third kappa shape index (κ3) is 1.79. The van der Waals surface area contributed by atoms with Crippen LogP contribution in [0.4, 0.5) is 0 Å². The Kier molecular flexibility index (Phi) is 2.40. The van der Waals surface area contributed by atoms with Crippen LogP contribution in [0.1, 0.15) is 6.92 Å². The van der Waals surface area contributed by atoms with Gasteiger partial charge in [0.15, 0.2) is 0 Å². The molecule has 0 aromatic rings. The zero-order valence-corrected chi connectivity index (χ0v) is 6.86. The zero-order chi connectivity index (χ0) is 9.14. The Balaban J connectivity index is 3.04. The summed E-state index contributed by atoms with van der Waals surface area (Å²) in [5, 5.41) is 10.5. The van der Waals surface area contributed by atoms with Crippen molar-refractivity contribution < 1.29 is 10.7 Å². The Labute approximate surface area is 70.2 Å². The van der Waals surface area contributed by atoms with Gasteiger partial charge in [-0.2, -0.15) is 0 Å². The normalized spacial score (nSPS) is 22.7. The molecule has 0 saturated heterocycles. The van der Waals surface area contributed by atoms with Gasteiger partial charge >= 0.3 is 5.70 Å². The fourth-order valence-corrected chi connectivity index (χ4v) is 1.02. The van der Waals surface area contributed by atoms with E-state index in [4.69, 9.17) is 0 Å². The largest absolute Gasteiger partial charge is 0.325 e. The Bertz CT molecular complexity index is 289. The van der Waals surface area contributed by atoms with Crippen molar-refractivity contribution in [1.29, 1.82) is 0 Å². The monoisotopic (exact) mass is 167 g/mol. The lowest BCUT2D eigenvalue weighted by atomic mass is 10.1. The highest BCUT2D eigenvalue weighted by Crippen LogP contribution is 2.13. The molecule has 64 valence electrons. The van der Waals surface area contributed by atoms with E-state index in [1.54, 1.807) is 18.2 Å². The highest BCUT2D eigenvalue weighted by molar-refractivity contribution is 5.26. The molecular formula is C8H11N2O2+. The van der Waals surface area contributed by atoms with Crippen molar-refractivity contribution in [3.63, 3.8) is 0 Å². The number of nitrogens with zero attached hydrogens (tertiary/aromatic N) is 1. The van der Waals surface area contributed by atoms with Crippen molar-refractivity contribution in [3.05, 3.63) is 45.8 Å². The summed E-state index contributed by atoms with van der Waals surface area (Å²) in [5.74, 6) is 0.0981. The molecule has 0 amide bonds. The van der Waals surface area contributed by atoms with Crippen molar-refractivity contribution in [3.8, 4) is 0 Å². The summed E-state index contributed by atoms with van der Waals surface area (Å²) in [7, 11) is 0. The predicted molar refractivity (Wildman–Crippen MR) is 44.4 cm³/mol. The van der Waals surface area contributed by atoms with Crippen LogP contribution in [0.25, 0.3) is 0 Å². The van der Waals surface area contributed by atoms with E-state index in [2.05, 4.69) is 5.73 Å². The van der Waals surface area contributed by atoms with Crippen LogP contribution in [0.5, 0.6) is 0 Å². The van der Waals surface area contributed by atoms with Gasteiger partial charge < -0.3 is 5.73 Å². The topological polar surface area (TPSA) is 70.8 Å². The van der Waals surface area contributed by atoms with Crippen LogP contribution in [0.2, 0.25) is 0 Å². The summed E-state index contributed by atoms with van der Waals surface area (Å²) in [4.78, 5) is 10.1. The minimum atomic E-state index is -0.400. The van der Waals surface area contributed by atoms with Gasteiger partial charge in [-0.15, -0.1) is 0 Å². The predicted octanol–water partition coefficient (Wildman–Crippen LogP) is 0.479. The van der Waals surface area contributed by atoms with Gasteiger partial charge in [0.25, 0.3) is 0 Å². The number of hydrogen-bond donors (Lipinski definition) is 1. The maximum Gasteiger partial charge on any atom is 0.325 e. The van der Waals surface area contributed by atoms with Crippen molar-refractivity contribution in [2.75, 3.05) is 0 Å². The number of allylic oxidation sites excluding steroid dienone is 4. The lowest BCUT2D eigenvalue weighted by Crippen LogP contribution is -2.49. The summed E-state index contributed by atoms with van der Waals surface area (Å²) >= 11 is 0. The second kappa shape index (κ2) is 3.32. The highest BCUT2D eigenvalue weighted by atomic mass is 16.6. The molecule has 0 bridgehead atoms. The Morgan fingerprint density at radius 3 is 2.92 bits per heavy atom. The maximum atomic E-state index is 10.5. The summed E-state index contributed by atoms with van der Waals surface area (Å²) < 4.78 is 0. The van der Waals surface area contributed by atoms with Crippen LogP contribution in [-0.2, 0) is 0 Å². The van der Waals surface area contributed by atoms with E-state index in [-0.39, 0.29) is 11.6 Å². The van der Waals surface area contributed by atoms with E-state index < -0.39 is 4.92 Å². The zero-order valence-electron chi connectivity index (χ0n) is 6.86. The molecule has 1 atom stereocenters. The van der Waals surface area contributed by atoms with Crippen LogP contribution in [0.15, 0.2) is 35.7 Å². The molecule has 0 radical (unpaired) electrons. The molecule has 4 nitrogen and oxygen atoms in total. The van der Waals surface area contributed by atoms with Gasteiger partial charge in [0, 0.05) is 12.2 Å². The Hall–Kier alpha value is -1.42. The number of quaternary nitrogens is 1. The second-order valence-electron chi connectivity index (χ2n) is 2.74. The smallest absolute Gasteiger partial charge is 0.319 e. The fraction of sp³-hybridized carbons (Fsp3) is 0.250. The molecule has 0 aromatic heterocycles. The minimum Gasteiger partial charge on any atom is -0.319 e. The van der Waals surface area contributed by atoms with Crippen LogP contribution in [0, 0.1) is 16.0 Å². The third-order valence-electron chi connectivity index (χ3n) is 1.66. The van der Waals surface area contributed by atoms with Crippen LogP contribution in [0.3, 0.4) is 0 Å². The van der Waals surface area contributed by atoms with Crippen molar-refractivity contribution >= 4 is 0 Å². The molecule has 0 spiro atoms. The van der Waals surface area contributed by atoms with Gasteiger partial charge in [0.1, 0.15) is 0 Å². The van der Waals surface area contributed by atoms with Crippen molar-refractivity contribution in [2.24, 2.45) is 5.92 Å². The van der Waals surface area contributed by atoms with Gasteiger partial charge in [0.2, 0.25) is 5.70 Å². The van der Waals surface area contributed by atoms with Crippen molar-refractivity contribution in [1.82, 2.24) is 0 Å². The van der Waals surface area contributed by atoms with E-state index in [0.717, 1.165) is 0 Å². The molecule has 1 aliphatic carbocycles. The Morgan fingerprint density at radius 1 is 1.67 bits per heavy atom. The quantitative estimate of drug-likeness (QED) is 0.455. The lowest BCUT2D eigenvalue weighted by Gasteiger charge is -1.95. The molecule has 0 aliphatic heterocycles. The molecule has 12 heavy (non-hydrogen) atoms. The average Bonchev–Trinajstić information content (AvgIpc) is 2.13. The molecular weight excluding hydrogens is 156 g/mol. The van der Waals surface area contributed by atoms with Crippen LogP contribution in [-0.4, -0.2) is 4.92 Å². The molecule has 0 aromatic carbocycles. The third-order valence-corrected chi connectivity index (χ3v) is 1.66. The molecule has 1 aliphatic rings. The second-order valence-corrected chi connectivity index (χ2v) is 2.74. The van der Waals surface area contributed by atoms with Gasteiger partial charge in [-0.1, -0.05) is 19.1 Å². The minimum absolute atomic E-state index is 0.0981. The summed E-state index contributed by atoms with van der Waals surface area (Å²) in [6, 6.07) is 0. The maximum absolute atomic E-state index is 10.5. The highest BCUT2D eigenvalue weighted by Gasteiger charge is 2.19. The van der Waals surface area contributed by atoms with E-state index >= 15 is 0 Å². The first kappa shape index (κ1) is 8.67. The molecule has 1 unspecified atom stereocenters. The van der Waals surface area contributed by atoms with Gasteiger partial charge in [0.05, 0.1) is 4.92 Å². The first-order chi connectivity index (χ1) is 5.61. The number of hydrogen-bond acceptors (Lipinski definition) is 2. The number of nitro groups is 1. The first-order valence-electron chi connectivity index (χ1n) is 3.68. The molecule has 3 N–H and O–H groups in total. The number of rotatable bonds is 1. The van der Waals surface area contributed by atoms with Gasteiger partial charge in [-0.25, -0.2) is 0 Å². The average molecular weight is 167 g/mol. The van der Waals surface area contributed by atoms with E-state index in [9.17, 15) is 10.1 Å². The van der Waals surface area contributed by atoms with E-state index in [1.807, 2.05) is 13.0 Å². The van der Waals surface area contributed by atoms with Gasteiger partial charge in [-0.05, 0) is 5.92 Å². The molecule has 0 heterocycles. The molecule has 0 saturated carbocycles. The van der Waals surface area contributed by atoms with E-state index in [1.165, 1.54) is 0 Å². The summed E-state index contributed by atoms with van der Waals surface area (Å²) in [6.45, 7) is 1.90. The van der Waals surface area contributed by atoms with Crippen LogP contribution < -0.4 is 5.73 Å². The summed E-state index contributed by atoms with van der Waals surface area (Å²) in [6.07, 6.45) is 6.93.